The number of hydrogen-bond acceptors (Lipinski definition) is 3. The number of amides is 1. The van der Waals surface area contributed by atoms with Crippen molar-refractivity contribution in [2.45, 2.75) is 39.3 Å². The Bertz CT molecular complexity index is 377. The van der Waals surface area contributed by atoms with Gasteiger partial charge in [-0.25, -0.2) is 0 Å². The van der Waals surface area contributed by atoms with Crippen LogP contribution in [-0.2, 0) is 14.3 Å². The van der Waals surface area contributed by atoms with Crippen LogP contribution in [0.3, 0.4) is 0 Å². The Balaban J connectivity index is 2.10. The van der Waals surface area contributed by atoms with Gasteiger partial charge in [-0.2, -0.15) is 0 Å². The summed E-state index contributed by atoms with van der Waals surface area (Å²) in [6.07, 6.45) is 0.773. The van der Waals surface area contributed by atoms with Gasteiger partial charge < -0.3 is 10.1 Å². The first kappa shape index (κ1) is 12.1. The third-order valence-corrected chi connectivity index (χ3v) is 3.98. The second-order valence-corrected chi connectivity index (χ2v) is 5.35. The maximum Gasteiger partial charge on any atom is 0.309 e. The van der Waals surface area contributed by atoms with Crippen LogP contribution < -0.4 is 5.32 Å². The molecule has 1 N–H and O–H groups in total. The number of fused-ring (bicyclic) bond motifs is 1. The summed E-state index contributed by atoms with van der Waals surface area (Å²) in [5.74, 6) is 0.241. The van der Waals surface area contributed by atoms with E-state index in [9.17, 15) is 9.59 Å². The fourth-order valence-corrected chi connectivity index (χ4v) is 2.86. The molecule has 94 valence electrons. The topological polar surface area (TPSA) is 55.4 Å². The molecule has 0 aromatic rings. The Labute approximate surface area is 101 Å². The van der Waals surface area contributed by atoms with Crippen molar-refractivity contribution in [2.24, 2.45) is 17.8 Å². The molecule has 1 amide bonds. The molecule has 0 aromatic heterocycles. The van der Waals surface area contributed by atoms with Crippen molar-refractivity contribution in [3.8, 4) is 0 Å². The molecule has 1 saturated heterocycles. The van der Waals surface area contributed by atoms with E-state index in [2.05, 4.69) is 18.8 Å². The van der Waals surface area contributed by atoms with Crippen LogP contribution in [0.15, 0.2) is 12.2 Å². The molecular weight excluding hydrogens is 218 g/mol. The summed E-state index contributed by atoms with van der Waals surface area (Å²) in [4.78, 5) is 23.2. The van der Waals surface area contributed by atoms with Crippen LogP contribution in [0.5, 0.6) is 0 Å². The van der Waals surface area contributed by atoms with Crippen LogP contribution >= 0.6 is 0 Å². The lowest BCUT2D eigenvalue weighted by atomic mass is 9.93. The van der Waals surface area contributed by atoms with Crippen molar-refractivity contribution in [1.29, 1.82) is 0 Å². The summed E-state index contributed by atoms with van der Waals surface area (Å²) < 4.78 is 5.38. The van der Waals surface area contributed by atoms with Crippen LogP contribution in [0, 0.1) is 17.8 Å². The lowest BCUT2D eigenvalue weighted by Crippen LogP contribution is -2.44. The SMILES string of the molecule is C=C(C)C(=O)NC1C(C)CC2C(C)C(=O)OC21. The average molecular weight is 237 g/mol. The zero-order chi connectivity index (χ0) is 12.7. The highest BCUT2D eigenvalue weighted by atomic mass is 16.6. The molecule has 2 fully saturated rings. The zero-order valence-electron chi connectivity index (χ0n) is 10.5. The largest absolute Gasteiger partial charge is 0.460 e. The van der Waals surface area contributed by atoms with Crippen LogP contribution in [0.1, 0.15) is 27.2 Å². The highest BCUT2D eigenvalue weighted by Crippen LogP contribution is 2.43. The van der Waals surface area contributed by atoms with Gasteiger partial charge in [-0.15, -0.1) is 0 Å². The normalized spacial score (nSPS) is 39.7. The van der Waals surface area contributed by atoms with Gasteiger partial charge in [-0.3, -0.25) is 9.59 Å². The third-order valence-electron chi connectivity index (χ3n) is 3.98. The molecule has 4 heteroatoms. The van der Waals surface area contributed by atoms with E-state index >= 15 is 0 Å². The van der Waals surface area contributed by atoms with E-state index in [1.165, 1.54) is 0 Å². The Morgan fingerprint density at radius 2 is 2.12 bits per heavy atom. The van der Waals surface area contributed by atoms with Crippen molar-refractivity contribution in [3.05, 3.63) is 12.2 Å². The molecule has 5 unspecified atom stereocenters. The van der Waals surface area contributed by atoms with Crippen molar-refractivity contribution < 1.29 is 14.3 Å². The number of carbonyl (C=O) groups is 2. The molecule has 1 aliphatic carbocycles. The summed E-state index contributed by atoms with van der Waals surface area (Å²) in [5.41, 5.74) is 0.484. The van der Waals surface area contributed by atoms with Crippen LogP contribution in [-0.4, -0.2) is 24.0 Å². The van der Waals surface area contributed by atoms with Gasteiger partial charge in [-0.1, -0.05) is 20.4 Å². The van der Waals surface area contributed by atoms with E-state index in [0.717, 1.165) is 6.42 Å². The minimum absolute atomic E-state index is 0.0471. The van der Waals surface area contributed by atoms with Crippen LogP contribution in [0.2, 0.25) is 0 Å². The molecule has 5 atom stereocenters. The van der Waals surface area contributed by atoms with Gasteiger partial charge in [0.2, 0.25) is 5.91 Å². The lowest BCUT2D eigenvalue weighted by Gasteiger charge is -2.22. The maximum absolute atomic E-state index is 11.6. The quantitative estimate of drug-likeness (QED) is 0.581. The monoisotopic (exact) mass is 237 g/mol. The minimum atomic E-state index is -0.157. The standard InChI is InChI=1S/C13H19NO3/c1-6(2)12(15)14-10-7(3)5-9-8(4)13(16)17-11(9)10/h7-11H,1,5H2,2-4H3,(H,14,15). The number of rotatable bonds is 2. The van der Waals surface area contributed by atoms with Gasteiger partial charge >= 0.3 is 5.97 Å². The molecule has 0 bridgehead atoms. The van der Waals surface area contributed by atoms with Gasteiger partial charge in [0.25, 0.3) is 0 Å². The van der Waals surface area contributed by atoms with E-state index in [1.807, 2.05) is 6.92 Å². The Kier molecular flexibility index (Phi) is 2.98. The first-order chi connectivity index (χ1) is 7.91. The molecule has 4 nitrogen and oxygen atoms in total. The van der Waals surface area contributed by atoms with E-state index < -0.39 is 0 Å². The average Bonchev–Trinajstić information content (AvgIpc) is 2.69. The molecule has 2 aliphatic rings. The van der Waals surface area contributed by atoms with E-state index in [0.29, 0.717) is 11.5 Å². The molecule has 1 heterocycles. The summed E-state index contributed by atoms with van der Waals surface area (Å²) in [7, 11) is 0. The van der Waals surface area contributed by atoms with Gasteiger partial charge in [-0.05, 0) is 19.3 Å². The number of ether oxygens (including phenoxy) is 1. The van der Waals surface area contributed by atoms with Gasteiger partial charge in [0.05, 0.1) is 12.0 Å². The summed E-state index contributed by atoms with van der Waals surface area (Å²) >= 11 is 0. The van der Waals surface area contributed by atoms with Crippen LogP contribution in [0.4, 0.5) is 0 Å². The Hall–Kier alpha value is -1.32. The molecule has 0 aromatic carbocycles. The summed E-state index contributed by atoms with van der Waals surface area (Å²) in [6.45, 7) is 9.29. The maximum atomic E-state index is 11.6. The fourth-order valence-electron chi connectivity index (χ4n) is 2.86. The molecule has 1 saturated carbocycles. The molecule has 2 rings (SSSR count). The number of hydrogen-bond donors (Lipinski definition) is 1. The second kappa shape index (κ2) is 4.17. The highest BCUT2D eigenvalue weighted by molar-refractivity contribution is 5.92. The minimum Gasteiger partial charge on any atom is -0.460 e. The predicted octanol–water partition coefficient (Wildman–Crippen LogP) is 1.26. The van der Waals surface area contributed by atoms with Crippen molar-refractivity contribution in [2.75, 3.05) is 0 Å². The molecule has 0 spiro atoms. The van der Waals surface area contributed by atoms with E-state index in [-0.39, 0.29) is 35.9 Å². The number of nitrogens with one attached hydrogen (secondary N) is 1. The zero-order valence-corrected chi connectivity index (χ0v) is 10.5. The first-order valence-electron chi connectivity index (χ1n) is 6.08. The highest BCUT2D eigenvalue weighted by Gasteiger charge is 2.53. The van der Waals surface area contributed by atoms with Crippen molar-refractivity contribution in [1.82, 2.24) is 5.32 Å². The van der Waals surface area contributed by atoms with Crippen molar-refractivity contribution >= 4 is 11.9 Å². The summed E-state index contributed by atoms with van der Waals surface area (Å²) in [6, 6.07) is -0.0712. The third kappa shape index (κ3) is 1.96. The first-order valence-corrected chi connectivity index (χ1v) is 6.08. The molecular formula is C13H19NO3. The van der Waals surface area contributed by atoms with Crippen molar-refractivity contribution in [3.63, 3.8) is 0 Å². The van der Waals surface area contributed by atoms with Gasteiger partial charge in [0.1, 0.15) is 6.10 Å². The van der Waals surface area contributed by atoms with Gasteiger partial charge in [0.15, 0.2) is 0 Å². The van der Waals surface area contributed by atoms with Gasteiger partial charge in [0, 0.05) is 11.5 Å². The number of esters is 1. The Morgan fingerprint density at radius 1 is 1.47 bits per heavy atom. The Morgan fingerprint density at radius 3 is 2.71 bits per heavy atom. The molecule has 17 heavy (non-hydrogen) atoms. The fraction of sp³-hybridized carbons (Fsp3) is 0.692. The van der Waals surface area contributed by atoms with Crippen LogP contribution in [0.25, 0.3) is 0 Å². The predicted molar refractivity (Wildman–Crippen MR) is 63.1 cm³/mol. The lowest BCUT2D eigenvalue weighted by molar-refractivity contribution is -0.145. The van der Waals surface area contributed by atoms with E-state index in [1.54, 1.807) is 6.92 Å². The van der Waals surface area contributed by atoms with E-state index in [4.69, 9.17) is 4.74 Å². The second-order valence-electron chi connectivity index (χ2n) is 5.35. The molecule has 1 aliphatic heterocycles. The smallest absolute Gasteiger partial charge is 0.309 e. The summed E-state index contributed by atoms with van der Waals surface area (Å²) in [5, 5.41) is 2.92. The molecule has 0 radical (unpaired) electrons. The number of carbonyl (C=O) groups excluding carboxylic acids is 2.